The van der Waals surface area contributed by atoms with Crippen molar-refractivity contribution in [2.24, 2.45) is 7.05 Å². The maximum absolute atomic E-state index is 12.8. The first kappa shape index (κ1) is 15.7. The van der Waals surface area contributed by atoms with E-state index in [1.807, 2.05) is 4.57 Å². The summed E-state index contributed by atoms with van der Waals surface area (Å²) in [5.41, 5.74) is -0.435. The van der Waals surface area contributed by atoms with Crippen molar-refractivity contribution in [1.29, 1.82) is 0 Å². The predicted octanol–water partition coefficient (Wildman–Crippen LogP) is 0.196. The quantitative estimate of drug-likeness (QED) is 0.783. The van der Waals surface area contributed by atoms with Gasteiger partial charge in [-0.05, 0) is 12.8 Å². The van der Waals surface area contributed by atoms with Crippen LogP contribution in [0.4, 0.5) is 0 Å². The fourth-order valence-electron chi connectivity index (χ4n) is 3.61. The Hall–Kier alpha value is -1.78. The number of piperidine rings is 1. The van der Waals surface area contributed by atoms with Gasteiger partial charge in [-0.25, -0.2) is 13.4 Å². The molecule has 0 radical (unpaired) electrons. The van der Waals surface area contributed by atoms with E-state index in [1.165, 1.54) is 16.8 Å². The van der Waals surface area contributed by atoms with Crippen molar-refractivity contribution >= 4 is 10.0 Å². The zero-order valence-electron chi connectivity index (χ0n) is 13.4. The highest BCUT2D eigenvalue weighted by Gasteiger charge is 2.47. The van der Waals surface area contributed by atoms with Gasteiger partial charge in [0, 0.05) is 32.8 Å². The van der Waals surface area contributed by atoms with Crippen molar-refractivity contribution < 1.29 is 13.2 Å². The first-order chi connectivity index (χ1) is 11.5. The minimum atomic E-state index is -3.59. The topological polar surface area (TPSA) is 95.1 Å². The molecule has 0 saturated carbocycles. The van der Waals surface area contributed by atoms with Crippen molar-refractivity contribution in [2.75, 3.05) is 19.7 Å². The molecule has 2 aliphatic heterocycles. The van der Waals surface area contributed by atoms with Gasteiger partial charge in [-0.3, -0.25) is 0 Å². The van der Waals surface area contributed by atoms with E-state index in [1.54, 1.807) is 24.3 Å². The fraction of sp³-hybridized carbons (Fsp3) is 0.643. The van der Waals surface area contributed by atoms with Crippen LogP contribution in [0.1, 0.15) is 25.3 Å². The lowest BCUT2D eigenvalue weighted by Crippen LogP contribution is -2.50. The third-order valence-corrected chi connectivity index (χ3v) is 6.57. The molecule has 0 bridgehead atoms. The Morgan fingerprint density at radius 3 is 2.79 bits per heavy atom. The normalized spacial score (nSPS) is 28.6. The van der Waals surface area contributed by atoms with Crippen molar-refractivity contribution in [3.05, 3.63) is 25.2 Å². The zero-order valence-corrected chi connectivity index (χ0v) is 14.3. The Morgan fingerprint density at radius 2 is 2.08 bits per heavy atom. The zero-order chi connectivity index (χ0) is 16.8. The van der Waals surface area contributed by atoms with Crippen LogP contribution in [0, 0.1) is 0 Å². The van der Waals surface area contributed by atoms with Gasteiger partial charge >= 0.3 is 0 Å². The van der Waals surface area contributed by atoms with Gasteiger partial charge in [0.1, 0.15) is 12.7 Å². The second-order valence-corrected chi connectivity index (χ2v) is 8.47. The molecular formula is C14H20N6O3S. The van der Waals surface area contributed by atoms with E-state index in [0.29, 0.717) is 19.7 Å². The summed E-state index contributed by atoms with van der Waals surface area (Å²) in [6.07, 6.45) is 8.80. The predicted molar refractivity (Wildman–Crippen MR) is 83.6 cm³/mol. The first-order valence-corrected chi connectivity index (χ1v) is 9.39. The molecule has 0 N–H and O–H groups in total. The van der Waals surface area contributed by atoms with Crippen LogP contribution >= 0.6 is 0 Å². The van der Waals surface area contributed by atoms with Crippen molar-refractivity contribution in [2.45, 2.75) is 35.9 Å². The molecule has 2 atom stereocenters. The number of nitrogens with zero attached hydrogens (tertiary/aromatic N) is 6. The molecule has 130 valence electrons. The summed E-state index contributed by atoms with van der Waals surface area (Å²) in [4.78, 5) is 4.01. The molecular weight excluding hydrogens is 332 g/mol. The summed E-state index contributed by atoms with van der Waals surface area (Å²) in [6, 6.07) is 0.150. The Kier molecular flexibility index (Phi) is 3.70. The summed E-state index contributed by atoms with van der Waals surface area (Å²) < 4.78 is 36.8. The van der Waals surface area contributed by atoms with Crippen LogP contribution in [0.25, 0.3) is 0 Å². The van der Waals surface area contributed by atoms with Crippen LogP contribution in [0.3, 0.4) is 0 Å². The fourth-order valence-corrected chi connectivity index (χ4v) is 5.13. The molecule has 2 saturated heterocycles. The molecule has 4 heterocycles. The van der Waals surface area contributed by atoms with E-state index >= 15 is 0 Å². The molecule has 10 heteroatoms. The number of aromatic nitrogens is 5. The van der Waals surface area contributed by atoms with E-state index in [4.69, 9.17) is 4.74 Å². The lowest BCUT2D eigenvalue weighted by Gasteiger charge is -2.38. The van der Waals surface area contributed by atoms with Crippen molar-refractivity contribution in [3.63, 3.8) is 0 Å². The number of aryl methyl sites for hydroxylation is 1. The van der Waals surface area contributed by atoms with Crippen LogP contribution in [-0.2, 0) is 21.8 Å². The van der Waals surface area contributed by atoms with Gasteiger partial charge in [-0.1, -0.05) is 0 Å². The third kappa shape index (κ3) is 2.64. The molecule has 9 nitrogen and oxygen atoms in total. The molecule has 0 amide bonds. The second kappa shape index (κ2) is 5.64. The number of sulfonamides is 1. The summed E-state index contributed by atoms with van der Waals surface area (Å²) in [7, 11) is -1.83. The third-order valence-electron chi connectivity index (χ3n) is 4.84. The average molecular weight is 352 g/mol. The van der Waals surface area contributed by atoms with Crippen molar-refractivity contribution in [3.8, 4) is 0 Å². The molecule has 2 fully saturated rings. The molecule has 0 aliphatic carbocycles. The lowest BCUT2D eigenvalue weighted by molar-refractivity contribution is -0.0332. The van der Waals surface area contributed by atoms with Crippen LogP contribution < -0.4 is 0 Å². The van der Waals surface area contributed by atoms with Crippen LogP contribution in [-0.4, -0.2) is 62.3 Å². The summed E-state index contributed by atoms with van der Waals surface area (Å²) in [6.45, 7) is 1.42. The SMILES string of the molecule is Cn1cnc(S(=O)(=O)N2CCC[C@]3(C[C@H](n4cnnc4)CO3)C2)c1. The maximum atomic E-state index is 12.8. The highest BCUT2D eigenvalue weighted by atomic mass is 32.2. The summed E-state index contributed by atoms with van der Waals surface area (Å²) >= 11 is 0. The van der Waals surface area contributed by atoms with Gasteiger partial charge in [-0.15, -0.1) is 10.2 Å². The van der Waals surface area contributed by atoms with E-state index in [-0.39, 0.29) is 11.1 Å². The molecule has 0 unspecified atom stereocenters. The Balaban J connectivity index is 1.54. The molecule has 2 aromatic heterocycles. The van der Waals surface area contributed by atoms with E-state index in [9.17, 15) is 8.42 Å². The number of hydrogen-bond donors (Lipinski definition) is 0. The summed E-state index contributed by atoms with van der Waals surface area (Å²) in [5, 5.41) is 7.77. The van der Waals surface area contributed by atoms with Crippen LogP contribution in [0.15, 0.2) is 30.2 Å². The van der Waals surface area contributed by atoms with E-state index < -0.39 is 15.6 Å². The minimum Gasteiger partial charge on any atom is -0.371 e. The highest BCUT2D eigenvalue weighted by Crippen LogP contribution is 2.40. The molecule has 1 spiro atoms. The molecule has 0 aromatic carbocycles. The van der Waals surface area contributed by atoms with Gasteiger partial charge in [-0.2, -0.15) is 4.31 Å². The van der Waals surface area contributed by atoms with Crippen LogP contribution in [0.2, 0.25) is 0 Å². The summed E-state index contributed by atoms with van der Waals surface area (Å²) in [5.74, 6) is 0. The number of imidazole rings is 1. The molecule has 2 aliphatic rings. The minimum absolute atomic E-state index is 0.0930. The van der Waals surface area contributed by atoms with E-state index in [2.05, 4.69) is 15.2 Å². The number of hydrogen-bond acceptors (Lipinski definition) is 6. The average Bonchev–Trinajstić information content (AvgIpc) is 3.28. The van der Waals surface area contributed by atoms with Gasteiger partial charge in [0.25, 0.3) is 10.0 Å². The van der Waals surface area contributed by atoms with Crippen LogP contribution in [0.5, 0.6) is 0 Å². The van der Waals surface area contributed by atoms with Gasteiger partial charge in [0.2, 0.25) is 0 Å². The second-order valence-electron chi connectivity index (χ2n) is 6.58. The smallest absolute Gasteiger partial charge is 0.262 e. The molecule has 24 heavy (non-hydrogen) atoms. The standard InChI is InChI=1S/C14H20N6O3S/c1-18-6-13(15-9-18)24(21,22)20-4-2-3-14(8-20)5-12(7-23-14)19-10-16-17-11-19/h6,9-12H,2-5,7-8H2,1H3/t12-,14-/m0/s1. The highest BCUT2D eigenvalue weighted by molar-refractivity contribution is 7.89. The Bertz CT molecular complexity index is 817. The van der Waals surface area contributed by atoms with E-state index in [0.717, 1.165) is 19.3 Å². The largest absolute Gasteiger partial charge is 0.371 e. The first-order valence-electron chi connectivity index (χ1n) is 7.95. The number of rotatable bonds is 3. The Morgan fingerprint density at radius 1 is 1.29 bits per heavy atom. The van der Waals surface area contributed by atoms with Gasteiger partial charge in [0.15, 0.2) is 5.03 Å². The van der Waals surface area contributed by atoms with Gasteiger partial charge in [0.05, 0.1) is 24.6 Å². The molecule has 4 rings (SSSR count). The number of ether oxygens (including phenoxy) is 1. The molecule has 2 aromatic rings. The lowest BCUT2D eigenvalue weighted by atomic mass is 9.90. The monoisotopic (exact) mass is 352 g/mol. The Labute approximate surface area is 140 Å². The van der Waals surface area contributed by atoms with Gasteiger partial charge < -0.3 is 13.9 Å². The maximum Gasteiger partial charge on any atom is 0.262 e. The van der Waals surface area contributed by atoms with Crippen molar-refractivity contribution in [1.82, 2.24) is 28.6 Å².